The second-order valence-corrected chi connectivity index (χ2v) is 6.57. The van der Waals surface area contributed by atoms with Crippen LogP contribution in [0.15, 0.2) is 24.3 Å². The summed E-state index contributed by atoms with van der Waals surface area (Å²) in [6, 6.07) is 7.58. The minimum Gasteiger partial charge on any atom is -0.497 e. The van der Waals surface area contributed by atoms with Crippen molar-refractivity contribution in [2.24, 2.45) is 0 Å². The molecule has 2 unspecified atom stereocenters. The molecule has 0 spiro atoms. The average molecular weight is 319 g/mol. The van der Waals surface area contributed by atoms with E-state index in [2.05, 4.69) is 0 Å². The van der Waals surface area contributed by atoms with E-state index in [-0.39, 0.29) is 23.7 Å². The van der Waals surface area contributed by atoms with Crippen LogP contribution in [0.2, 0.25) is 0 Å². The number of hydrogen-bond donors (Lipinski definition) is 1. The maximum absolute atomic E-state index is 12.7. The van der Waals surface area contributed by atoms with E-state index >= 15 is 0 Å². The van der Waals surface area contributed by atoms with E-state index in [0.29, 0.717) is 19.4 Å². The fourth-order valence-corrected chi connectivity index (χ4v) is 3.99. The predicted molar refractivity (Wildman–Crippen MR) is 86.4 cm³/mol. The average Bonchev–Trinajstić information content (AvgIpc) is 2.95. The van der Waals surface area contributed by atoms with Gasteiger partial charge in [0.2, 0.25) is 5.91 Å². The number of aliphatic hydroxyl groups excluding tert-OH is 1. The number of fused-ring (bicyclic) bond motifs is 1. The van der Waals surface area contributed by atoms with Crippen molar-refractivity contribution in [2.75, 3.05) is 20.8 Å². The number of likely N-dealkylation sites (tertiary alicyclic amines) is 1. The van der Waals surface area contributed by atoms with Crippen molar-refractivity contribution >= 4 is 5.91 Å². The molecule has 1 amide bonds. The summed E-state index contributed by atoms with van der Waals surface area (Å²) in [5.74, 6) is 0.893. The monoisotopic (exact) mass is 319 g/mol. The minimum atomic E-state index is -0.335. The van der Waals surface area contributed by atoms with Gasteiger partial charge in [-0.2, -0.15) is 0 Å². The maximum Gasteiger partial charge on any atom is 0.227 e. The normalized spacial score (nSPS) is 30.1. The number of ether oxygens (including phenoxy) is 2. The zero-order valence-corrected chi connectivity index (χ0v) is 13.8. The van der Waals surface area contributed by atoms with Crippen molar-refractivity contribution in [3.63, 3.8) is 0 Å². The first-order valence-corrected chi connectivity index (χ1v) is 8.23. The van der Waals surface area contributed by atoms with Gasteiger partial charge < -0.3 is 19.5 Å². The van der Waals surface area contributed by atoms with Crippen molar-refractivity contribution in [3.8, 4) is 5.75 Å². The van der Waals surface area contributed by atoms with Crippen molar-refractivity contribution in [3.05, 3.63) is 29.8 Å². The van der Waals surface area contributed by atoms with E-state index in [4.69, 9.17) is 9.47 Å². The maximum atomic E-state index is 12.7. The lowest BCUT2D eigenvalue weighted by atomic mass is 9.79. The number of benzene rings is 1. The molecule has 1 N–H and O–H groups in total. The van der Waals surface area contributed by atoms with Crippen LogP contribution in [0.25, 0.3) is 0 Å². The molecule has 1 aromatic carbocycles. The lowest BCUT2D eigenvalue weighted by Gasteiger charge is -2.42. The number of methoxy groups -OCH3 is 2. The van der Waals surface area contributed by atoms with Gasteiger partial charge in [0.25, 0.3) is 0 Å². The van der Waals surface area contributed by atoms with Gasteiger partial charge in [-0.1, -0.05) is 12.1 Å². The highest BCUT2D eigenvalue weighted by Crippen LogP contribution is 2.42. The summed E-state index contributed by atoms with van der Waals surface area (Å²) in [5, 5.41) is 10.0. The Morgan fingerprint density at radius 2 is 2.04 bits per heavy atom. The molecule has 0 radical (unpaired) electrons. The summed E-state index contributed by atoms with van der Waals surface area (Å²) < 4.78 is 10.9. The summed E-state index contributed by atoms with van der Waals surface area (Å²) in [6.45, 7) is 0.709. The molecule has 5 heteroatoms. The van der Waals surface area contributed by atoms with Gasteiger partial charge in [-0.25, -0.2) is 0 Å². The highest BCUT2D eigenvalue weighted by atomic mass is 16.5. The van der Waals surface area contributed by atoms with Crippen molar-refractivity contribution in [2.45, 2.75) is 49.9 Å². The topological polar surface area (TPSA) is 59.0 Å². The Morgan fingerprint density at radius 1 is 1.30 bits per heavy atom. The van der Waals surface area contributed by atoms with E-state index in [1.54, 1.807) is 14.2 Å². The van der Waals surface area contributed by atoms with Gasteiger partial charge in [0, 0.05) is 13.7 Å². The van der Waals surface area contributed by atoms with Crippen molar-refractivity contribution in [1.82, 2.24) is 4.90 Å². The third-order valence-electron chi connectivity index (χ3n) is 5.40. The molecule has 5 nitrogen and oxygen atoms in total. The quantitative estimate of drug-likeness (QED) is 0.919. The molecule has 3 atom stereocenters. The molecular formula is C18H25NO4. The Hall–Kier alpha value is -1.59. The molecule has 0 aromatic heterocycles. The van der Waals surface area contributed by atoms with Gasteiger partial charge in [0.15, 0.2) is 0 Å². The van der Waals surface area contributed by atoms with E-state index in [1.807, 2.05) is 29.2 Å². The molecule has 1 heterocycles. The minimum absolute atomic E-state index is 0.0120. The zero-order valence-electron chi connectivity index (χ0n) is 13.8. The lowest BCUT2D eigenvalue weighted by Crippen LogP contribution is -2.53. The Balaban J connectivity index is 1.71. The van der Waals surface area contributed by atoms with Gasteiger partial charge in [-0.05, 0) is 43.4 Å². The van der Waals surface area contributed by atoms with Crippen LogP contribution in [0, 0.1) is 0 Å². The molecular weight excluding hydrogens is 294 g/mol. The molecule has 3 rings (SSSR count). The van der Waals surface area contributed by atoms with Crippen molar-refractivity contribution in [1.29, 1.82) is 0 Å². The fourth-order valence-electron chi connectivity index (χ4n) is 3.99. The molecule has 1 aromatic rings. The van der Waals surface area contributed by atoms with Gasteiger partial charge in [0.05, 0.1) is 31.3 Å². The van der Waals surface area contributed by atoms with E-state index in [1.165, 1.54) is 0 Å². The number of amides is 1. The summed E-state index contributed by atoms with van der Waals surface area (Å²) in [6.07, 6.45) is 3.08. The number of rotatable bonds is 4. The Labute approximate surface area is 137 Å². The molecule has 1 saturated carbocycles. The Kier molecular flexibility index (Phi) is 4.60. The first kappa shape index (κ1) is 16.3. The van der Waals surface area contributed by atoms with Gasteiger partial charge in [-0.15, -0.1) is 0 Å². The molecule has 126 valence electrons. The number of carbonyl (C=O) groups is 1. The van der Waals surface area contributed by atoms with Crippen LogP contribution in [0.4, 0.5) is 0 Å². The third-order valence-corrected chi connectivity index (χ3v) is 5.40. The smallest absolute Gasteiger partial charge is 0.227 e. The SMILES string of the molecule is COc1ccc(CC(=O)N2CC[C@]3(OC)CCC(O)CC23)cc1. The number of nitrogens with zero attached hydrogens (tertiary/aromatic N) is 1. The number of carbonyl (C=O) groups excluding carboxylic acids is 1. The summed E-state index contributed by atoms with van der Waals surface area (Å²) >= 11 is 0. The molecule has 0 bridgehead atoms. The number of hydrogen-bond acceptors (Lipinski definition) is 4. The Morgan fingerprint density at radius 3 is 2.70 bits per heavy atom. The summed E-state index contributed by atoms with van der Waals surface area (Å²) in [5.41, 5.74) is 0.705. The van der Waals surface area contributed by atoms with E-state index in [9.17, 15) is 9.90 Å². The summed E-state index contributed by atoms with van der Waals surface area (Å²) in [4.78, 5) is 14.7. The van der Waals surface area contributed by atoms with Crippen LogP contribution in [-0.2, 0) is 16.0 Å². The molecule has 1 aliphatic carbocycles. The third kappa shape index (κ3) is 3.08. The van der Waals surface area contributed by atoms with E-state index < -0.39 is 0 Å². The second kappa shape index (κ2) is 6.49. The summed E-state index contributed by atoms with van der Waals surface area (Å²) in [7, 11) is 3.35. The molecule has 1 saturated heterocycles. The van der Waals surface area contributed by atoms with Crippen LogP contribution in [0.3, 0.4) is 0 Å². The van der Waals surface area contributed by atoms with Crippen LogP contribution in [0.5, 0.6) is 5.75 Å². The zero-order chi connectivity index (χ0) is 16.4. The van der Waals surface area contributed by atoms with E-state index in [0.717, 1.165) is 30.6 Å². The van der Waals surface area contributed by atoms with Crippen molar-refractivity contribution < 1.29 is 19.4 Å². The standard InChI is InChI=1S/C18H25NO4/c1-22-15-5-3-13(4-6-15)11-17(21)19-10-9-18(23-2)8-7-14(20)12-16(18)19/h3-6,14,16,20H,7-12H2,1-2H3/t14?,16?,18-/m1/s1. The largest absolute Gasteiger partial charge is 0.497 e. The molecule has 23 heavy (non-hydrogen) atoms. The van der Waals surface area contributed by atoms with Gasteiger partial charge >= 0.3 is 0 Å². The lowest BCUT2D eigenvalue weighted by molar-refractivity contribution is -0.139. The van der Waals surface area contributed by atoms with Gasteiger partial charge in [-0.3, -0.25) is 4.79 Å². The fraction of sp³-hybridized carbons (Fsp3) is 0.611. The molecule has 2 aliphatic rings. The second-order valence-electron chi connectivity index (χ2n) is 6.57. The number of aliphatic hydroxyl groups is 1. The highest BCUT2D eigenvalue weighted by molar-refractivity contribution is 5.79. The van der Waals surface area contributed by atoms with Gasteiger partial charge in [0.1, 0.15) is 5.75 Å². The predicted octanol–water partition coefficient (Wildman–Crippen LogP) is 1.77. The Bertz CT molecular complexity index is 559. The molecule has 2 fully saturated rings. The first-order valence-electron chi connectivity index (χ1n) is 8.23. The first-order chi connectivity index (χ1) is 11.1. The van der Waals surface area contributed by atoms with Crippen LogP contribution in [-0.4, -0.2) is 54.4 Å². The molecule has 1 aliphatic heterocycles. The van der Waals surface area contributed by atoms with Crippen LogP contribution >= 0.6 is 0 Å². The van der Waals surface area contributed by atoms with Crippen LogP contribution in [0.1, 0.15) is 31.2 Å². The van der Waals surface area contributed by atoms with Crippen LogP contribution < -0.4 is 4.74 Å². The highest BCUT2D eigenvalue weighted by Gasteiger charge is 2.52.